The fraction of sp³-hybridized carbons (Fsp3) is 0.174. The summed E-state index contributed by atoms with van der Waals surface area (Å²) in [6.45, 7) is 2.39. The fourth-order valence-corrected chi connectivity index (χ4v) is 4.69. The third-order valence-electron chi connectivity index (χ3n) is 5.03. The molecule has 146 valence electrons. The van der Waals surface area contributed by atoms with E-state index in [0.29, 0.717) is 38.9 Å². The van der Waals surface area contributed by atoms with Crippen molar-refractivity contribution in [3.63, 3.8) is 0 Å². The Kier molecular flexibility index (Phi) is 5.11. The Labute approximate surface area is 172 Å². The van der Waals surface area contributed by atoms with Gasteiger partial charge in [0.1, 0.15) is 0 Å². The molecule has 4 rings (SSSR count). The van der Waals surface area contributed by atoms with Gasteiger partial charge in [-0.2, -0.15) is 0 Å². The zero-order chi connectivity index (χ0) is 20.5. The number of hydrogen-bond donors (Lipinski definition) is 1. The molecule has 1 aliphatic heterocycles. The van der Waals surface area contributed by atoms with Crippen molar-refractivity contribution in [1.82, 2.24) is 4.90 Å². The maximum absolute atomic E-state index is 13.2. The Morgan fingerprint density at radius 1 is 1.00 bits per heavy atom. The predicted molar refractivity (Wildman–Crippen MR) is 113 cm³/mol. The van der Waals surface area contributed by atoms with E-state index in [1.165, 1.54) is 16.7 Å². The van der Waals surface area contributed by atoms with E-state index in [1.54, 1.807) is 24.3 Å². The van der Waals surface area contributed by atoms with Crippen LogP contribution in [0, 0.1) is 0 Å². The molecule has 3 aromatic rings. The molecule has 0 fully saturated rings. The van der Waals surface area contributed by atoms with Gasteiger partial charge in [-0.15, -0.1) is 0 Å². The number of unbranched alkanes of at least 4 members (excludes halogenated alkanes) is 1. The molecule has 1 heterocycles. The molecule has 5 nitrogen and oxygen atoms in total. The van der Waals surface area contributed by atoms with Gasteiger partial charge in [-0.05, 0) is 36.1 Å². The molecule has 29 heavy (non-hydrogen) atoms. The van der Waals surface area contributed by atoms with Gasteiger partial charge in [0, 0.05) is 32.8 Å². The van der Waals surface area contributed by atoms with Crippen LogP contribution >= 0.6 is 11.8 Å². The minimum atomic E-state index is -0.583. The van der Waals surface area contributed by atoms with Crippen LogP contribution in [0.15, 0.2) is 64.4 Å². The number of rotatable bonds is 6. The summed E-state index contributed by atoms with van der Waals surface area (Å²) in [5.74, 6) is -1.22. The Hall–Kier alpha value is -3.12. The normalized spacial score (nSPS) is 13.2. The number of hydrogen-bond acceptors (Lipinski definition) is 4. The van der Waals surface area contributed by atoms with Crippen LogP contribution in [0.2, 0.25) is 0 Å². The average molecular weight is 404 g/mol. The molecule has 0 spiro atoms. The van der Waals surface area contributed by atoms with Crippen molar-refractivity contribution in [2.24, 2.45) is 5.73 Å². The summed E-state index contributed by atoms with van der Waals surface area (Å²) >= 11 is 1.38. The van der Waals surface area contributed by atoms with Crippen LogP contribution in [0.5, 0.6) is 0 Å². The van der Waals surface area contributed by atoms with Crippen molar-refractivity contribution < 1.29 is 14.4 Å². The summed E-state index contributed by atoms with van der Waals surface area (Å²) < 4.78 is 0. The van der Waals surface area contributed by atoms with Crippen molar-refractivity contribution in [3.05, 3.63) is 71.3 Å². The van der Waals surface area contributed by atoms with Gasteiger partial charge in [0.05, 0.1) is 5.56 Å². The van der Waals surface area contributed by atoms with Crippen molar-refractivity contribution in [3.8, 4) is 0 Å². The quantitative estimate of drug-likeness (QED) is 0.614. The molecule has 0 radical (unpaired) electrons. The second kappa shape index (κ2) is 7.72. The highest BCUT2D eigenvalue weighted by molar-refractivity contribution is 7.99. The van der Waals surface area contributed by atoms with Gasteiger partial charge in [0.2, 0.25) is 5.91 Å². The van der Waals surface area contributed by atoms with Crippen LogP contribution in [0.4, 0.5) is 0 Å². The lowest BCUT2D eigenvalue weighted by atomic mass is 9.91. The van der Waals surface area contributed by atoms with E-state index in [0.717, 1.165) is 17.7 Å². The first kappa shape index (κ1) is 19.2. The van der Waals surface area contributed by atoms with Gasteiger partial charge < -0.3 is 5.73 Å². The third-order valence-corrected chi connectivity index (χ3v) is 6.08. The van der Waals surface area contributed by atoms with Crippen LogP contribution in [0.3, 0.4) is 0 Å². The van der Waals surface area contributed by atoms with E-state index in [-0.39, 0.29) is 11.8 Å². The monoisotopic (exact) mass is 404 g/mol. The number of nitrogens with zero attached hydrogens (tertiary/aromatic N) is 1. The second-order valence-corrected chi connectivity index (χ2v) is 8.04. The smallest absolute Gasteiger partial charge is 0.261 e. The minimum Gasteiger partial charge on any atom is -0.366 e. The maximum atomic E-state index is 13.2. The molecule has 0 bridgehead atoms. The van der Waals surface area contributed by atoms with Crippen LogP contribution in [0.25, 0.3) is 10.8 Å². The van der Waals surface area contributed by atoms with Crippen LogP contribution in [-0.4, -0.2) is 29.2 Å². The second-order valence-electron chi connectivity index (χ2n) is 6.92. The summed E-state index contributed by atoms with van der Waals surface area (Å²) in [6, 6.07) is 16.5. The highest BCUT2D eigenvalue weighted by atomic mass is 32.2. The lowest BCUT2D eigenvalue weighted by Gasteiger charge is -2.28. The van der Waals surface area contributed by atoms with E-state index in [1.807, 2.05) is 37.3 Å². The molecule has 0 atom stereocenters. The Morgan fingerprint density at radius 2 is 1.72 bits per heavy atom. The Morgan fingerprint density at radius 3 is 2.41 bits per heavy atom. The van der Waals surface area contributed by atoms with Gasteiger partial charge in [0.25, 0.3) is 11.8 Å². The molecule has 0 saturated carbocycles. The van der Waals surface area contributed by atoms with Crippen LogP contribution < -0.4 is 5.73 Å². The van der Waals surface area contributed by atoms with E-state index >= 15 is 0 Å². The van der Waals surface area contributed by atoms with Gasteiger partial charge in [-0.25, -0.2) is 0 Å². The Bertz CT molecular complexity index is 1140. The van der Waals surface area contributed by atoms with E-state index in [9.17, 15) is 14.4 Å². The van der Waals surface area contributed by atoms with E-state index in [4.69, 9.17) is 5.73 Å². The molecule has 3 aromatic carbocycles. The summed E-state index contributed by atoms with van der Waals surface area (Å²) in [5, 5.41) is 1.06. The standard InChI is InChI=1S/C23H20N2O3S/c1-2-3-12-25-22(27)16-11-7-10-15-19(16)17(23(25)28)13-18(20(15)21(24)26)29-14-8-5-4-6-9-14/h4-11,13H,2-3,12H2,1H3,(H2,24,26). The number of imide groups is 1. The molecule has 0 unspecified atom stereocenters. The SMILES string of the molecule is CCCCN1C(=O)c2cccc3c(C(N)=O)c(Sc4ccccc4)cc(c23)C1=O. The predicted octanol–water partition coefficient (Wildman–Crippen LogP) is 4.49. The maximum Gasteiger partial charge on any atom is 0.261 e. The summed E-state index contributed by atoms with van der Waals surface area (Å²) in [6.07, 6.45) is 1.62. The fourth-order valence-electron chi connectivity index (χ4n) is 3.66. The van der Waals surface area contributed by atoms with Gasteiger partial charge in [0.15, 0.2) is 0 Å². The van der Waals surface area contributed by atoms with Crippen LogP contribution in [0.1, 0.15) is 50.8 Å². The lowest BCUT2D eigenvalue weighted by Crippen LogP contribution is -2.41. The van der Waals surface area contributed by atoms with Gasteiger partial charge in [-0.1, -0.05) is 55.4 Å². The molecular weight excluding hydrogens is 384 g/mol. The van der Waals surface area contributed by atoms with Gasteiger partial charge in [-0.3, -0.25) is 19.3 Å². The van der Waals surface area contributed by atoms with E-state index < -0.39 is 5.91 Å². The number of benzene rings is 3. The molecule has 2 N–H and O–H groups in total. The number of carbonyl (C=O) groups is 3. The molecule has 0 saturated heterocycles. The molecule has 1 aliphatic rings. The summed E-state index contributed by atoms with van der Waals surface area (Å²) in [4.78, 5) is 41.3. The minimum absolute atomic E-state index is 0.319. The number of nitrogens with two attached hydrogens (primary N) is 1. The number of carbonyl (C=O) groups excluding carboxylic acids is 3. The summed E-state index contributed by atoms with van der Waals surface area (Å²) in [7, 11) is 0. The zero-order valence-electron chi connectivity index (χ0n) is 16.0. The molecular formula is C23H20N2O3S. The largest absolute Gasteiger partial charge is 0.366 e. The van der Waals surface area contributed by atoms with E-state index in [2.05, 4.69) is 0 Å². The molecule has 0 aromatic heterocycles. The van der Waals surface area contributed by atoms with Crippen molar-refractivity contribution in [2.45, 2.75) is 29.6 Å². The summed E-state index contributed by atoms with van der Waals surface area (Å²) in [5.41, 5.74) is 6.94. The highest BCUT2D eigenvalue weighted by Crippen LogP contribution is 2.39. The first-order valence-corrected chi connectivity index (χ1v) is 10.3. The third kappa shape index (κ3) is 3.29. The Balaban J connectivity index is 1.96. The first-order valence-electron chi connectivity index (χ1n) is 9.51. The number of primary amides is 1. The first-order chi connectivity index (χ1) is 14.0. The van der Waals surface area contributed by atoms with Gasteiger partial charge >= 0.3 is 0 Å². The highest BCUT2D eigenvalue weighted by Gasteiger charge is 2.34. The van der Waals surface area contributed by atoms with Crippen molar-refractivity contribution in [2.75, 3.05) is 6.54 Å². The molecule has 0 aliphatic carbocycles. The number of amides is 3. The lowest BCUT2D eigenvalue weighted by molar-refractivity contribution is 0.0608. The topological polar surface area (TPSA) is 80.5 Å². The van der Waals surface area contributed by atoms with Crippen molar-refractivity contribution >= 4 is 40.3 Å². The van der Waals surface area contributed by atoms with Crippen molar-refractivity contribution in [1.29, 1.82) is 0 Å². The molecule has 6 heteroatoms. The zero-order valence-corrected chi connectivity index (χ0v) is 16.8. The average Bonchev–Trinajstić information content (AvgIpc) is 2.72. The molecule has 3 amide bonds. The van der Waals surface area contributed by atoms with Crippen LogP contribution in [-0.2, 0) is 0 Å².